The molecule has 0 bridgehead atoms. The van der Waals surface area contributed by atoms with Crippen LogP contribution in [0.5, 0.6) is 0 Å². The number of aliphatic hydroxyl groups excluding tert-OH is 1. The highest BCUT2D eigenvalue weighted by atomic mass is 35.5. The Morgan fingerprint density at radius 3 is 1.43 bits per heavy atom. The molecule has 1 aliphatic rings. The zero-order chi connectivity index (χ0) is 80.1. The summed E-state index contributed by atoms with van der Waals surface area (Å²) in [5.74, 6) is -9.32. The van der Waals surface area contributed by atoms with E-state index >= 15 is 9.59 Å². The standard InChI is InChI=1S/C62H111N11O12.C14H19Cl2NO2/c1-25-27-28-40(15)52(75)51-56(79)65-43(26-2)58(81)67(18)33-48(74)68(19)44(29-34(3)4)55(78)66-49(38(11)12)61(84)69(20)45(30-35(5)6)54(77)63-41(16)53(76)64-42(17)57(80)70(21)46(31-36(7)8)59(82)71(22)47(32-37(9)10)60(83)72(23)50(39(13)14)62(85)73(51)24;15-8-10-17(11-9-16)13-6-4-12(5-7-13)2-1-3-14(18)19/h25,27,34-47,49-52,75H,26,28-33H2,1-24H3,(H,63,77)(H,64,76)(H,65,79)(H,66,78);4-7H,1-3,8-11H2,(H,18,19)/b27-25+;/t40-,41+,42-,43+,44+,45+,46+,47+,49+,50+,51+,52-;/m1./s1. The van der Waals surface area contributed by atoms with Crippen LogP contribution in [0.2, 0.25) is 0 Å². The lowest BCUT2D eigenvalue weighted by Crippen LogP contribution is -2.63. The van der Waals surface area contributed by atoms with Crippen molar-refractivity contribution >= 4 is 99.8 Å². The summed E-state index contributed by atoms with van der Waals surface area (Å²) in [6.45, 7) is 30.9. The van der Waals surface area contributed by atoms with Crippen molar-refractivity contribution in [3.8, 4) is 0 Å². The van der Waals surface area contributed by atoms with Crippen LogP contribution in [0.25, 0.3) is 0 Å². The lowest BCUT2D eigenvalue weighted by molar-refractivity contribution is -0.157. The first kappa shape index (κ1) is 95.0. The van der Waals surface area contributed by atoms with Gasteiger partial charge in [-0.15, -0.1) is 23.2 Å². The minimum absolute atomic E-state index is 0.0229. The molecule has 1 fully saturated rings. The Morgan fingerprint density at radius 1 is 0.538 bits per heavy atom. The number of rotatable bonds is 24. The summed E-state index contributed by atoms with van der Waals surface area (Å²) in [5.41, 5.74) is 2.25. The predicted molar refractivity (Wildman–Crippen MR) is 409 cm³/mol. The summed E-state index contributed by atoms with van der Waals surface area (Å²) >= 11 is 11.5. The molecule has 0 spiro atoms. The molecule has 0 radical (unpaired) electrons. The van der Waals surface area contributed by atoms with Gasteiger partial charge in [0.2, 0.25) is 65.0 Å². The van der Waals surface area contributed by atoms with E-state index in [-0.39, 0.29) is 62.2 Å². The summed E-state index contributed by atoms with van der Waals surface area (Å²) in [4.78, 5) is 181. The Morgan fingerprint density at radius 2 is 0.981 bits per heavy atom. The lowest BCUT2D eigenvalue weighted by atomic mass is 9.91. The Balaban J connectivity index is 0.00000244. The number of alkyl halides is 2. The van der Waals surface area contributed by atoms with Crippen molar-refractivity contribution < 1.29 is 67.7 Å². The van der Waals surface area contributed by atoms with Gasteiger partial charge in [0.05, 0.1) is 12.6 Å². The SMILES string of the molecule is C/C=C/C[C@@H](C)[C@@H](O)[C@H]1C(=O)N[C@@H](CC)C(=O)N(C)CC(=O)N(C)[C@@H](CC(C)C)C(=O)N[C@@H](C(C)C)C(=O)N(C)[C@@H](CC(C)C)C(=O)N[C@@H](C)C(=O)N[C@H](C)C(=O)N(C)[C@@H](CC(C)C)C(=O)N(C)[C@@H](CC(C)C)C(=O)N(C)[C@@H](C(C)C)C(=O)N1C.O=C(O)CCCc1ccc(N(CCCl)CCCl)cc1. The summed E-state index contributed by atoms with van der Waals surface area (Å²) in [6.07, 6.45) is 4.72. The first-order chi connectivity index (χ1) is 48.4. The Bertz CT molecular complexity index is 2980. The Hall–Kier alpha value is -7.06. The molecule has 0 saturated carbocycles. The van der Waals surface area contributed by atoms with Gasteiger partial charge >= 0.3 is 5.97 Å². The number of halogens is 2. The summed E-state index contributed by atoms with van der Waals surface area (Å²) in [6, 6.07) is -4.18. The molecular formula is C76H130Cl2N12O14. The fraction of sp³-hybridized carbons (Fsp3) is 0.737. The normalized spacial score (nSPS) is 23.9. The van der Waals surface area contributed by atoms with E-state index in [4.69, 9.17) is 28.3 Å². The van der Waals surface area contributed by atoms with Gasteiger partial charge in [0.25, 0.3) is 0 Å². The van der Waals surface area contributed by atoms with Crippen LogP contribution in [-0.4, -0.2) is 263 Å². The van der Waals surface area contributed by atoms with Crippen LogP contribution in [0.1, 0.15) is 175 Å². The first-order valence-electron chi connectivity index (χ1n) is 36.9. The molecule has 6 N–H and O–H groups in total. The van der Waals surface area contributed by atoms with Crippen LogP contribution in [0, 0.1) is 41.4 Å². The number of amides is 11. The van der Waals surface area contributed by atoms with Gasteiger partial charge in [-0.2, -0.15) is 0 Å². The number of aliphatic carboxylic acids is 1. The molecule has 104 heavy (non-hydrogen) atoms. The van der Waals surface area contributed by atoms with E-state index < -0.39 is 162 Å². The molecule has 11 amide bonds. The third kappa shape index (κ3) is 29.4. The number of carbonyl (C=O) groups is 12. The lowest BCUT2D eigenvalue weighted by Gasteiger charge is -2.41. The van der Waals surface area contributed by atoms with E-state index in [1.807, 2.05) is 85.7 Å². The average molecular weight is 1510 g/mol. The number of aryl methyl sites for hydroxylation is 1. The number of carboxylic acids is 1. The van der Waals surface area contributed by atoms with Crippen LogP contribution in [-0.2, 0) is 64.0 Å². The largest absolute Gasteiger partial charge is 0.481 e. The predicted octanol–water partition coefficient (Wildman–Crippen LogP) is 6.65. The molecule has 592 valence electrons. The fourth-order valence-corrected chi connectivity index (χ4v) is 13.0. The molecule has 28 heteroatoms. The zero-order valence-corrected chi connectivity index (χ0v) is 68.4. The highest BCUT2D eigenvalue weighted by Gasteiger charge is 2.46. The molecule has 1 saturated heterocycles. The molecule has 1 aliphatic heterocycles. The summed E-state index contributed by atoms with van der Waals surface area (Å²) < 4.78 is 0. The maximum absolute atomic E-state index is 15.1. The molecular weight excluding hydrogens is 1380 g/mol. The summed E-state index contributed by atoms with van der Waals surface area (Å²) in [7, 11) is 9.92. The van der Waals surface area contributed by atoms with Crippen LogP contribution in [0.4, 0.5) is 5.69 Å². The van der Waals surface area contributed by atoms with Gasteiger partial charge in [-0.25, -0.2) is 0 Å². The second kappa shape index (κ2) is 46.1. The van der Waals surface area contributed by atoms with Gasteiger partial charge in [-0.1, -0.05) is 121 Å². The number of aliphatic hydroxyl groups is 1. The zero-order valence-electron chi connectivity index (χ0n) is 66.9. The molecule has 1 aromatic rings. The Kier molecular flexibility index (Phi) is 42.1. The number of anilines is 1. The topological polar surface area (TPSA) is 319 Å². The van der Waals surface area contributed by atoms with Crippen molar-refractivity contribution in [1.82, 2.24) is 55.6 Å². The van der Waals surface area contributed by atoms with E-state index in [1.165, 1.54) is 87.7 Å². The van der Waals surface area contributed by atoms with E-state index in [2.05, 4.69) is 26.2 Å². The van der Waals surface area contributed by atoms with Gasteiger partial charge < -0.3 is 70.7 Å². The third-order valence-electron chi connectivity index (χ3n) is 18.9. The number of hydrogen-bond acceptors (Lipinski definition) is 14. The van der Waals surface area contributed by atoms with Crippen LogP contribution in [0.15, 0.2) is 36.4 Å². The molecule has 1 heterocycles. The number of likely N-dealkylation sites (N-methyl/N-ethyl adjacent to an activating group) is 7. The number of nitrogens with one attached hydrogen (secondary N) is 4. The van der Waals surface area contributed by atoms with Crippen LogP contribution < -0.4 is 26.2 Å². The van der Waals surface area contributed by atoms with E-state index in [0.29, 0.717) is 24.6 Å². The van der Waals surface area contributed by atoms with Crippen molar-refractivity contribution in [3.63, 3.8) is 0 Å². The molecule has 0 aromatic heterocycles. The highest BCUT2D eigenvalue weighted by Crippen LogP contribution is 2.26. The van der Waals surface area contributed by atoms with Gasteiger partial charge in [-0.3, -0.25) is 57.5 Å². The van der Waals surface area contributed by atoms with Crippen molar-refractivity contribution in [1.29, 1.82) is 0 Å². The average Bonchev–Trinajstić information content (AvgIpc) is 0.797. The Labute approximate surface area is 631 Å². The maximum atomic E-state index is 15.1. The highest BCUT2D eigenvalue weighted by molar-refractivity contribution is 6.18. The molecule has 26 nitrogen and oxygen atoms in total. The first-order valence-corrected chi connectivity index (χ1v) is 38.0. The number of benzene rings is 1. The van der Waals surface area contributed by atoms with Crippen LogP contribution in [0.3, 0.4) is 0 Å². The maximum Gasteiger partial charge on any atom is 0.303 e. The quantitative estimate of drug-likeness (QED) is 0.0466. The van der Waals surface area contributed by atoms with Crippen molar-refractivity contribution in [3.05, 3.63) is 42.0 Å². The van der Waals surface area contributed by atoms with Crippen molar-refractivity contribution in [2.75, 3.05) is 85.6 Å². The second-order valence-electron chi connectivity index (χ2n) is 30.4. The van der Waals surface area contributed by atoms with Crippen molar-refractivity contribution in [2.45, 2.75) is 242 Å². The van der Waals surface area contributed by atoms with Crippen LogP contribution >= 0.6 is 23.2 Å². The minimum Gasteiger partial charge on any atom is -0.481 e. The number of allylic oxidation sites excluding steroid dienone is 2. The smallest absolute Gasteiger partial charge is 0.303 e. The second-order valence-corrected chi connectivity index (χ2v) is 31.1. The third-order valence-corrected chi connectivity index (χ3v) is 19.3. The molecule has 0 unspecified atom stereocenters. The van der Waals surface area contributed by atoms with Gasteiger partial charge in [0, 0.05) is 86.3 Å². The van der Waals surface area contributed by atoms with Gasteiger partial charge in [-0.05, 0) is 131 Å². The van der Waals surface area contributed by atoms with E-state index in [9.17, 15) is 53.1 Å². The van der Waals surface area contributed by atoms with E-state index in [1.54, 1.807) is 54.5 Å². The molecule has 12 atom stereocenters. The number of nitrogens with zero attached hydrogens (tertiary/aromatic N) is 8. The fourth-order valence-electron chi connectivity index (χ4n) is 12.6. The van der Waals surface area contributed by atoms with E-state index in [0.717, 1.165) is 40.6 Å². The van der Waals surface area contributed by atoms with Gasteiger partial charge in [0.15, 0.2) is 0 Å². The molecule has 2 rings (SSSR count). The van der Waals surface area contributed by atoms with Crippen molar-refractivity contribution in [2.24, 2.45) is 41.4 Å². The monoisotopic (exact) mass is 1500 g/mol. The number of carbonyl (C=O) groups excluding carboxylic acids is 11. The molecule has 0 aliphatic carbocycles. The number of hydrogen-bond donors (Lipinski definition) is 6. The van der Waals surface area contributed by atoms with Gasteiger partial charge in [0.1, 0.15) is 60.4 Å². The molecule has 1 aromatic carbocycles. The summed E-state index contributed by atoms with van der Waals surface area (Å²) in [5, 5.41) is 31.7. The number of carboxylic acid groups (broad SMARTS) is 1. The minimum atomic E-state index is -1.61.